The summed E-state index contributed by atoms with van der Waals surface area (Å²) in [7, 11) is 5.53. The second kappa shape index (κ2) is 9.28. The zero-order valence-electron chi connectivity index (χ0n) is 17.6. The lowest BCUT2D eigenvalue weighted by atomic mass is 10.0. The smallest absolute Gasteiger partial charge is 0.266 e. The Bertz CT molecular complexity index is 762. The fourth-order valence-electron chi connectivity index (χ4n) is 3.61. The number of anilines is 1. The molecule has 28 heavy (non-hydrogen) atoms. The van der Waals surface area contributed by atoms with Crippen LogP contribution in [0.1, 0.15) is 44.1 Å². The van der Waals surface area contributed by atoms with Crippen LogP contribution in [0.25, 0.3) is 0 Å². The minimum absolute atomic E-state index is 0.256. The van der Waals surface area contributed by atoms with Gasteiger partial charge >= 0.3 is 0 Å². The van der Waals surface area contributed by atoms with E-state index in [1.54, 1.807) is 14.2 Å². The predicted molar refractivity (Wildman–Crippen MR) is 110 cm³/mol. The molecule has 2 heterocycles. The molecule has 1 aromatic carbocycles. The fourth-order valence-corrected chi connectivity index (χ4v) is 3.61. The minimum atomic E-state index is 0.256. The second-order valence-electron chi connectivity index (χ2n) is 7.75. The fraction of sp³-hybridized carbons (Fsp3) is 0.619. The number of ether oxygens (including phenoxy) is 2. The first kappa shape index (κ1) is 20.5. The number of methoxy groups -OCH3 is 2. The SMILES string of the molecule is COc1ccc(CCN(C)C2CCCN(c3noc(C(C)C)n3)C2)cc1OC. The Morgan fingerprint density at radius 2 is 2.04 bits per heavy atom. The lowest BCUT2D eigenvalue weighted by Gasteiger charge is -2.37. The van der Waals surface area contributed by atoms with Gasteiger partial charge in [-0.3, -0.25) is 0 Å². The van der Waals surface area contributed by atoms with E-state index in [4.69, 9.17) is 14.0 Å². The highest BCUT2D eigenvalue weighted by Crippen LogP contribution is 2.28. The van der Waals surface area contributed by atoms with Gasteiger partial charge in [0.05, 0.1) is 14.2 Å². The van der Waals surface area contributed by atoms with Crippen molar-refractivity contribution in [2.75, 3.05) is 45.8 Å². The van der Waals surface area contributed by atoms with Crippen LogP contribution in [0.2, 0.25) is 0 Å². The standard InChI is InChI=1S/C21H32N4O3/c1-15(2)20-22-21(23-28-20)25-11-6-7-17(14-25)24(3)12-10-16-8-9-18(26-4)19(13-16)27-5/h8-9,13,15,17H,6-7,10-12,14H2,1-5H3. The summed E-state index contributed by atoms with van der Waals surface area (Å²) in [5, 5.41) is 4.18. The number of aromatic nitrogens is 2. The maximum absolute atomic E-state index is 5.41. The number of hydrogen-bond acceptors (Lipinski definition) is 7. The number of likely N-dealkylation sites (N-methyl/N-ethyl adjacent to an activating group) is 1. The van der Waals surface area contributed by atoms with Gasteiger partial charge in [-0.25, -0.2) is 0 Å². The highest BCUT2D eigenvalue weighted by Gasteiger charge is 2.26. The molecule has 0 N–H and O–H groups in total. The normalized spacial score (nSPS) is 17.4. The first-order valence-electron chi connectivity index (χ1n) is 10.0. The van der Waals surface area contributed by atoms with Gasteiger partial charge in [-0.15, -0.1) is 0 Å². The monoisotopic (exact) mass is 388 g/mol. The number of hydrogen-bond donors (Lipinski definition) is 0. The first-order valence-corrected chi connectivity index (χ1v) is 10.0. The van der Waals surface area contributed by atoms with Crippen LogP contribution in [0.3, 0.4) is 0 Å². The lowest BCUT2D eigenvalue weighted by molar-refractivity contribution is 0.216. The van der Waals surface area contributed by atoms with Crippen LogP contribution >= 0.6 is 0 Å². The Balaban J connectivity index is 1.57. The van der Waals surface area contributed by atoms with Crippen LogP contribution in [0.5, 0.6) is 11.5 Å². The topological polar surface area (TPSA) is 63.9 Å². The van der Waals surface area contributed by atoms with E-state index >= 15 is 0 Å². The quantitative estimate of drug-likeness (QED) is 0.687. The molecule has 0 saturated carbocycles. The van der Waals surface area contributed by atoms with Crippen LogP contribution in [0.15, 0.2) is 22.7 Å². The summed E-state index contributed by atoms with van der Waals surface area (Å²) in [5.41, 5.74) is 1.25. The number of rotatable bonds is 8. The van der Waals surface area contributed by atoms with Crippen molar-refractivity contribution >= 4 is 5.95 Å². The van der Waals surface area contributed by atoms with Gasteiger partial charge in [-0.2, -0.15) is 4.98 Å². The van der Waals surface area contributed by atoms with Crippen LogP contribution in [0, 0.1) is 0 Å². The third-order valence-corrected chi connectivity index (χ3v) is 5.43. The van der Waals surface area contributed by atoms with E-state index in [1.807, 2.05) is 6.07 Å². The molecule has 154 valence electrons. The Hall–Kier alpha value is -2.28. The minimum Gasteiger partial charge on any atom is -0.493 e. The van der Waals surface area contributed by atoms with Gasteiger partial charge in [-0.1, -0.05) is 19.9 Å². The van der Waals surface area contributed by atoms with Crippen molar-refractivity contribution in [2.45, 2.75) is 45.1 Å². The van der Waals surface area contributed by atoms with Crippen molar-refractivity contribution in [2.24, 2.45) is 0 Å². The van der Waals surface area contributed by atoms with Crippen molar-refractivity contribution in [3.05, 3.63) is 29.7 Å². The van der Waals surface area contributed by atoms with E-state index in [9.17, 15) is 0 Å². The van der Waals surface area contributed by atoms with Gasteiger partial charge < -0.3 is 23.8 Å². The van der Waals surface area contributed by atoms with Crippen LogP contribution in [0.4, 0.5) is 5.95 Å². The molecule has 1 saturated heterocycles. The van der Waals surface area contributed by atoms with E-state index < -0.39 is 0 Å². The Morgan fingerprint density at radius 3 is 2.71 bits per heavy atom. The first-order chi connectivity index (χ1) is 13.5. The third-order valence-electron chi connectivity index (χ3n) is 5.43. The number of benzene rings is 1. The molecule has 0 radical (unpaired) electrons. The number of nitrogens with zero attached hydrogens (tertiary/aromatic N) is 4. The molecular formula is C21H32N4O3. The molecule has 7 heteroatoms. The third kappa shape index (κ3) is 4.76. The van der Waals surface area contributed by atoms with E-state index in [0.29, 0.717) is 11.9 Å². The molecule has 1 aliphatic heterocycles. The highest BCUT2D eigenvalue weighted by atomic mass is 16.5. The van der Waals surface area contributed by atoms with Crippen LogP contribution in [-0.4, -0.2) is 62.0 Å². The summed E-state index contributed by atoms with van der Waals surface area (Å²) in [6.45, 7) is 7.03. The summed E-state index contributed by atoms with van der Waals surface area (Å²) < 4.78 is 16.1. The molecule has 1 unspecified atom stereocenters. The second-order valence-corrected chi connectivity index (χ2v) is 7.75. The molecule has 1 aliphatic rings. The summed E-state index contributed by atoms with van der Waals surface area (Å²) in [4.78, 5) is 9.24. The van der Waals surface area contributed by atoms with Crippen LogP contribution in [-0.2, 0) is 6.42 Å². The van der Waals surface area contributed by atoms with Crippen molar-refractivity contribution in [1.29, 1.82) is 0 Å². The summed E-state index contributed by atoms with van der Waals surface area (Å²) in [6.07, 6.45) is 3.29. The molecule has 0 amide bonds. The molecule has 3 rings (SSSR count). The Morgan fingerprint density at radius 1 is 1.25 bits per heavy atom. The Labute approximate surface area is 167 Å². The largest absolute Gasteiger partial charge is 0.493 e. The molecule has 2 aromatic rings. The zero-order chi connectivity index (χ0) is 20.1. The summed E-state index contributed by atoms with van der Waals surface area (Å²) >= 11 is 0. The van der Waals surface area contributed by atoms with Gasteiger partial charge in [0.1, 0.15) is 0 Å². The molecule has 7 nitrogen and oxygen atoms in total. The van der Waals surface area contributed by atoms with Gasteiger partial charge in [0.25, 0.3) is 5.95 Å². The maximum atomic E-state index is 5.41. The van der Waals surface area contributed by atoms with E-state index in [1.165, 1.54) is 12.0 Å². The molecular weight excluding hydrogens is 356 g/mol. The number of piperidine rings is 1. The van der Waals surface area contributed by atoms with Crippen molar-refractivity contribution in [3.8, 4) is 11.5 Å². The van der Waals surface area contributed by atoms with Crippen molar-refractivity contribution in [3.63, 3.8) is 0 Å². The Kier molecular flexibility index (Phi) is 6.78. The predicted octanol–water partition coefficient (Wildman–Crippen LogP) is 3.35. The summed E-state index contributed by atoms with van der Waals surface area (Å²) in [5.74, 6) is 3.24. The molecule has 0 aliphatic carbocycles. The van der Waals surface area contributed by atoms with Crippen LogP contribution < -0.4 is 14.4 Å². The van der Waals surface area contributed by atoms with E-state index in [0.717, 1.165) is 49.9 Å². The molecule has 0 bridgehead atoms. The van der Waals surface area contributed by atoms with Crippen molar-refractivity contribution < 1.29 is 14.0 Å². The molecule has 1 atom stereocenters. The van der Waals surface area contributed by atoms with Gasteiger partial charge in [0.15, 0.2) is 11.5 Å². The summed E-state index contributed by atoms with van der Waals surface area (Å²) in [6, 6.07) is 6.62. The van der Waals surface area contributed by atoms with Gasteiger partial charge in [0, 0.05) is 31.6 Å². The molecule has 0 spiro atoms. The zero-order valence-corrected chi connectivity index (χ0v) is 17.6. The van der Waals surface area contributed by atoms with Gasteiger partial charge in [-0.05, 0) is 49.2 Å². The van der Waals surface area contributed by atoms with E-state index in [2.05, 4.69) is 53.0 Å². The average Bonchev–Trinajstić information content (AvgIpc) is 3.22. The molecule has 1 aromatic heterocycles. The average molecular weight is 389 g/mol. The van der Waals surface area contributed by atoms with Gasteiger partial charge in [0.2, 0.25) is 5.89 Å². The highest BCUT2D eigenvalue weighted by molar-refractivity contribution is 5.43. The van der Waals surface area contributed by atoms with Crippen molar-refractivity contribution in [1.82, 2.24) is 15.0 Å². The van der Waals surface area contributed by atoms with E-state index in [-0.39, 0.29) is 5.92 Å². The lowest BCUT2D eigenvalue weighted by Crippen LogP contribution is -2.47. The molecule has 1 fully saturated rings. The maximum Gasteiger partial charge on any atom is 0.266 e.